The average molecular weight is 474 g/mol. The van der Waals surface area contributed by atoms with Gasteiger partial charge in [0.05, 0.1) is 18.3 Å². The lowest BCUT2D eigenvalue weighted by atomic mass is 10.0. The van der Waals surface area contributed by atoms with E-state index in [0.29, 0.717) is 25.8 Å². The number of carbonyl (C=O) groups is 1. The van der Waals surface area contributed by atoms with Gasteiger partial charge < -0.3 is 20.6 Å². The van der Waals surface area contributed by atoms with Crippen LogP contribution in [-0.2, 0) is 17.8 Å². The molecule has 0 radical (unpaired) electrons. The van der Waals surface area contributed by atoms with Crippen molar-refractivity contribution in [2.45, 2.75) is 51.7 Å². The van der Waals surface area contributed by atoms with Crippen LogP contribution in [0.5, 0.6) is 0 Å². The second-order valence-corrected chi connectivity index (χ2v) is 9.53. The molecule has 1 aliphatic heterocycles. The Morgan fingerprint density at radius 2 is 2.00 bits per heavy atom. The third-order valence-corrected chi connectivity index (χ3v) is 6.20. The van der Waals surface area contributed by atoms with Crippen LogP contribution in [0.1, 0.15) is 43.6 Å². The van der Waals surface area contributed by atoms with Crippen molar-refractivity contribution in [2.75, 3.05) is 30.4 Å². The summed E-state index contributed by atoms with van der Waals surface area (Å²) in [5, 5.41) is 16.6. The number of hydrogen-bond donors (Lipinski definition) is 3. The maximum absolute atomic E-state index is 12.8. The zero-order valence-corrected chi connectivity index (χ0v) is 20.8. The Kier molecular flexibility index (Phi) is 8.10. The fourth-order valence-electron chi connectivity index (χ4n) is 4.43. The SMILES string of the molecule is CC(C)Nc1cc2cc(c1)Cc1nccc(n1)-c1cccc(c1)N(C)CCCC(=O)[C@H](CO)NC2. The zero-order valence-electron chi connectivity index (χ0n) is 20.8. The fourth-order valence-corrected chi connectivity index (χ4v) is 4.43. The molecule has 1 atom stereocenters. The van der Waals surface area contributed by atoms with Gasteiger partial charge in [0.1, 0.15) is 5.82 Å². The van der Waals surface area contributed by atoms with Crippen LogP contribution in [0, 0.1) is 0 Å². The van der Waals surface area contributed by atoms with Gasteiger partial charge in [0, 0.05) is 62.2 Å². The normalized spacial score (nSPS) is 17.1. The lowest BCUT2D eigenvalue weighted by Crippen LogP contribution is -2.39. The number of Topliss-reactive ketones (excluding diaryl/α,β-unsaturated/α-hetero) is 1. The van der Waals surface area contributed by atoms with Gasteiger partial charge in [-0.2, -0.15) is 0 Å². The maximum atomic E-state index is 12.8. The second-order valence-electron chi connectivity index (χ2n) is 9.53. The van der Waals surface area contributed by atoms with E-state index in [9.17, 15) is 9.90 Å². The number of hydrogen-bond acceptors (Lipinski definition) is 7. The van der Waals surface area contributed by atoms with Gasteiger partial charge in [-0.15, -0.1) is 0 Å². The fraction of sp³-hybridized carbons (Fsp3) is 0.393. The summed E-state index contributed by atoms with van der Waals surface area (Å²) in [5.41, 5.74) is 6.15. The Balaban J connectivity index is 1.72. The van der Waals surface area contributed by atoms with Gasteiger partial charge in [-0.1, -0.05) is 18.2 Å². The van der Waals surface area contributed by atoms with Crippen LogP contribution in [0.25, 0.3) is 11.3 Å². The first-order valence-corrected chi connectivity index (χ1v) is 12.3. The third kappa shape index (κ3) is 6.65. The predicted molar refractivity (Wildman–Crippen MR) is 141 cm³/mol. The van der Waals surface area contributed by atoms with Gasteiger partial charge >= 0.3 is 0 Å². The number of anilines is 2. The standard InChI is InChI=1S/C28H35N5O2/c1-19(2)31-23-13-20-12-21(14-23)17-30-26(18-34)27(35)8-5-11-33(3)24-7-4-6-22(16-24)25-9-10-29-28(15-20)32-25/h4,6-7,9-10,12-14,16,19,26,30-31,34H,5,8,11,15,17-18H2,1-3H3/t26-/m0/s1. The van der Waals surface area contributed by atoms with Crippen molar-refractivity contribution in [1.29, 1.82) is 0 Å². The highest BCUT2D eigenvalue weighted by atomic mass is 16.3. The number of fused-ring (bicyclic) bond motifs is 7. The van der Waals surface area contributed by atoms with Gasteiger partial charge in [-0.05, 0) is 61.7 Å². The minimum absolute atomic E-state index is 0.0378. The minimum Gasteiger partial charge on any atom is -0.394 e. The minimum atomic E-state index is -0.576. The number of nitrogens with one attached hydrogen (secondary N) is 2. The van der Waals surface area contributed by atoms with Gasteiger partial charge in [0.25, 0.3) is 0 Å². The molecule has 0 amide bonds. The number of aromatic nitrogens is 2. The first-order chi connectivity index (χ1) is 16.9. The van der Waals surface area contributed by atoms with E-state index < -0.39 is 6.04 Å². The summed E-state index contributed by atoms with van der Waals surface area (Å²) < 4.78 is 0. The van der Waals surface area contributed by atoms with Crippen molar-refractivity contribution in [1.82, 2.24) is 15.3 Å². The highest BCUT2D eigenvalue weighted by Crippen LogP contribution is 2.24. The number of nitrogens with zero attached hydrogens (tertiary/aromatic N) is 3. The molecule has 184 valence electrons. The number of rotatable bonds is 3. The predicted octanol–water partition coefficient (Wildman–Crippen LogP) is 3.80. The molecule has 3 N–H and O–H groups in total. The number of carbonyl (C=O) groups excluding carboxylic acids is 1. The first-order valence-electron chi connectivity index (χ1n) is 12.3. The Labute approximate surface area is 207 Å². The van der Waals surface area contributed by atoms with Crippen LogP contribution in [0.15, 0.2) is 54.7 Å². The lowest BCUT2D eigenvalue weighted by Gasteiger charge is -2.21. The Morgan fingerprint density at radius 3 is 2.80 bits per heavy atom. The van der Waals surface area contributed by atoms with E-state index in [-0.39, 0.29) is 18.4 Å². The Hall–Kier alpha value is -3.29. The summed E-state index contributed by atoms with van der Waals surface area (Å²) in [6, 6.07) is 16.3. The molecule has 1 aromatic heterocycles. The Bertz CT molecular complexity index is 1160. The van der Waals surface area contributed by atoms with Crippen LogP contribution in [-0.4, -0.2) is 53.1 Å². The summed E-state index contributed by atoms with van der Waals surface area (Å²) >= 11 is 0. The molecule has 0 saturated carbocycles. The number of benzene rings is 2. The molecule has 4 rings (SSSR count). The van der Waals surface area contributed by atoms with Gasteiger partial charge in [0.2, 0.25) is 0 Å². The van der Waals surface area contributed by atoms with Crippen molar-refractivity contribution in [3.8, 4) is 11.3 Å². The highest BCUT2D eigenvalue weighted by molar-refractivity contribution is 5.84. The zero-order chi connectivity index (χ0) is 24.8. The molecule has 0 saturated heterocycles. The topological polar surface area (TPSA) is 90.4 Å². The van der Waals surface area contributed by atoms with Crippen molar-refractivity contribution in [3.63, 3.8) is 0 Å². The van der Waals surface area contributed by atoms with Crippen LogP contribution in [0.3, 0.4) is 0 Å². The highest BCUT2D eigenvalue weighted by Gasteiger charge is 2.18. The molecule has 6 bridgehead atoms. The molecule has 2 heterocycles. The third-order valence-electron chi connectivity index (χ3n) is 6.20. The average Bonchev–Trinajstić information content (AvgIpc) is 2.83. The second kappa shape index (κ2) is 11.4. The number of ketones is 1. The quantitative estimate of drug-likeness (QED) is 0.533. The van der Waals surface area contributed by atoms with Crippen molar-refractivity contribution >= 4 is 17.2 Å². The molecular formula is C28H35N5O2. The lowest BCUT2D eigenvalue weighted by molar-refractivity contribution is -0.122. The van der Waals surface area contributed by atoms with E-state index in [1.165, 1.54) is 0 Å². The molecule has 0 fully saturated rings. The van der Waals surface area contributed by atoms with Crippen molar-refractivity contribution in [3.05, 3.63) is 71.7 Å². The van der Waals surface area contributed by atoms with E-state index in [1.807, 2.05) is 25.4 Å². The van der Waals surface area contributed by atoms with Crippen LogP contribution < -0.4 is 15.5 Å². The largest absolute Gasteiger partial charge is 0.394 e. The van der Waals surface area contributed by atoms with Crippen LogP contribution in [0.2, 0.25) is 0 Å². The van der Waals surface area contributed by atoms with E-state index >= 15 is 0 Å². The van der Waals surface area contributed by atoms with E-state index in [0.717, 1.165) is 46.1 Å². The van der Waals surface area contributed by atoms with Crippen LogP contribution in [0.4, 0.5) is 11.4 Å². The van der Waals surface area contributed by atoms with Crippen LogP contribution >= 0.6 is 0 Å². The molecule has 0 unspecified atom stereocenters. The summed E-state index contributed by atoms with van der Waals surface area (Å²) in [5.74, 6) is 0.794. The Morgan fingerprint density at radius 1 is 1.17 bits per heavy atom. The smallest absolute Gasteiger partial charge is 0.152 e. The molecule has 0 aliphatic carbocycles. The van der Waals surface area contributed by atoms with Gasteiger partial charge in [-0.3, -0.25) is 4.79 Å². The maximum Gasteiger partial charge on any atom is 0.152 e. The van der Waals surface area contributed by atoms with E-state index in [1.54, 1.807) is 0 Å². The van der Waals surface area contributed by atoms with Gasteiger partial charge in [-0.25, -0.2) is 9.97 Å². The molecule has 7 heteroatoms. The molecule has 2 aromatic carbocycles. The molecule has 0 spiro atoms. The summed E-state index contributed by atoms with van der Waals surface area (Å²) in [7, 11) is 2.03. The van der Waals surface area contributed by atoms with E-state index in [4.69, 9.17) is 4.98 Å². The van der Waals surface area contributed by atoms with Crippen molar-refractivity contribution < 1.29 is 9.90 Å². The van der Waals surface area contributed by atoms with E-state index in [2.05, 4.69) is 70.8 Å². The summed E-state index contributed by atoms with van der Waals surface area (Å²) in [4.78, 5) is 24.4. The number of aliphatic hydroxyl groups is 1. The summed E-state index contributed by atoms with van der Waals surface area (Å²) in [6.45, 7) is 5.23. The number of aliphatic hydroxyl groups excluding tert-OH is 1. The molecule has 35 heavy (non-hydrogen) atoms. The molecule has 7 nitrogen and oxygen atoms in total. The monoisotopic (exact) mass is 473 g/mol. The van der Waals surface area contributed by atoms with Gasteiger partial charge in [0.15, 0.2) is 5.78 Å². The molecule has 3 aromatic rings. The first kappa shape index (κ1) is 24.8. The van der Waals surface area contributed by atoms with Crippen molar-refractivity contribution in [2.24, 2.45) is 0 Å². The molecule has 1 aliphatic rings. The molecular weight excluding hydrogens is 438 g/mol. The summed E-state index contributed by atoms with van der Waals surface area (Å²) in [6.07, 6.45) is 3.55.